The zero-order chi connectivity index (χ0) is 20.1. The Kier molecular flexibility index (Phi) is 8.77. The highest BCUT2D eigenvalue weighted by molar-refractivity contribution is 4.94. The van der Waals surface area contributed by atoms with Gasteiger partial charge < -0.3 is 54.7 Å². The average molecular weight is 398 g/mol. The van der Waals surface area contributed by atoms with Crippen LogP contribution in [-0.2, 0) is 18.9 Å². The molecule has 0 amide bonds. The summed E-state index contributed by atoms with van der Waals surface area (Å²) in [7, 11) is 0. The van der Waals surface area contributed by atoms with Crippen molar-refractivity contribution in [2.75, 3.05) is 19.8 Å². The van der Waals surface area contributed by atoms with Crippen LogP contribution in [0.1, 0.15) is 19.8 Å². The number of hydrogen-bond donors (Lipinski definition) is 7. The Labute approximate surface area is 156 Å². The highest BCUT2D eigenvalue weighted by atomic mass is 16.7. The maximum atomic E-state index is 10.4. The zero-order valence-electron chi connectivity index (χ0n) is 15.1. The van der Waals surface area contributed by atoms with Crippen LogP contribution in [0.25, 0.3) is 0 Å². The Morgan fingerprint density at radius 2 is 1.33 bits per heavy atom. The third kappa shape index (κ3) is 5.14. The topological polar surface area (TPSA) is 179 Å². The lowest BCUT2D eigenvalue weighted by Gasteiger charge is -2.45. The third-order valence-corrected chi connectivity index (χ3v) is 4.74. The highest BCUT2D eigenvalue weighted by Gasteiger charge is 2.50. The minimum Gasteiger partial charge on any atom is -0.394 e. The molecule has 2 saturated heterocycles. The molecular weight excluding hydrogens is 368 g/mol. The molecule has 0 aromatic carbocycles. The lowest BCUT2D eigenvalue weighted by molar-refractivity contribution is -0.359. The van der Waals surface area contributed by atoms with Gasteiger partial charge in [0.1, 0.15) is 48.8 Å². The van der Waals surface area contributed by atoms with E-state index >= 15 is 0 Å². The first-order valence-electron chi connectivity index (χ1n) is 9.05. The van der Waals surface area contributed by atoms with E-state index in [2.05, 4.69) is 0 Å². The molecule has 0 spiro atoms. The second kappa shape index (κ2) is 10.4. The maximum absolute atomic E-state index is 10.4. The minimum absolute atomic E-state index is 0.293. The van der Waals surface area contributed by atoms with Crippen molar-refractivity contribution in [3.63, 3.8) is 0 Å². The first kappa shape index (κ1) is 22.8. The van der Waals surface area contributed by atoms with Crippen molar-refractivity contribution < 1.29 is 54.7 Å². The van der Waals surface area contributed by atoms with E-state index in [4.69, 9.17) is 18.9 Å². The molecule has 0 bridgehead atoms. The molecular formula is C16H30O11. The summed E-state index contributed by atoms with van der Waals surface area (Å²) < 4.78 is 21.5. The Bertz CT molecular complexity index is 435. The van der Waals surface area contributed by atoms with Gasteiger partial charge in [0.15, 0.2) is 12.6 Å². The summed E-state index contributed by atoms with van der Waals surface area (Å²) in [5, 5.41) is 69.0. The summed E-state index contributed by atoms with van der Waals surface area (Å²) >= 11 is 0. The van der Waals surface area contributed by atoms with Crippen LogP contribution in [0.5, 0.6) is 0 Å². The molecule has 2 rings (SSSR count). The molecule has 2 heterocycles. The molecule has 27 heavy (non-hydrogen) atoms. The van der Waals surface area contributed by atoms with Crippen LogP contribution in [0.2, 0.25) is 0 Å². The van der Waals surface area contributed by atoms with Crippen LogP contribution in [0, 0.1) is 0 Å². The van der Waals surface area contributed by atoms with Gasteiger partial charge in [-0.15, -0.1) is 0 Å². The summed E-state index contributed by atoms with van der Waals surface area (Å²) in [6.07, 6.45) is -12.7. The van der Waals surface area contributed by atoms with E-state index in [-0.39, 0.29) is 0 Å². The Morgan fingerprint density at radius 1 is 0.741 bits per heavy atom. The number of hydrogen-bond acceptors (Lipinski definition) is 11. The second-order valence-electron chi connectivity index (χ2n) is 6.73. The normalized spacial score (nSPS) is 45.8. The van der Waals surface area contributed by atoms with Gasteiger partial charge in [0.2, 0.25) is 0 Å². The van der Waals surface area contributed by atoms with E-state index in [9.17, 15) is 35.7 Å². The quantitative estimate of drug-likeness (QED) is 0.201. The molecule has 2 fully saturated rings. The van der Waals surface area contributed by atoms with Gasteiger partial charge in [-0.25, -0.2) is 0 Å². The van der Waals surface area contributed by atoms with Crippen molar-refractivity contribution in [2.45, 2.75) is 81.2 Å². The van der Waals surface area contributed by atoms with E-state index < -0.39 is 74.6 Å². The number of rotatable bonds is 8. The lowest BCUT2D eigenvalue weighted by atomic mass is 9.97. The van der Waals surface area contributed by atoms with Crippen molar-refractivity contribution in [1.29, 1.82) is 0 Å². The predicted molar refractivity (Wildman–Crippen MR) is 87.3 cm³/mol. The minimum atomic E-state index is -1.69. The van der Waals surface area contributed by atoms with Gasteiger partial charge in [-0.05, 0) is 6.42 Å². The lowest BCUT2D eigenvalue weighted by Crippen LogP contribution is -2.64. The van der Waals surface area contributed by atoms with E-state index in [0.29, 0.717) is 6.61 Å². The van der Waals surface area contributed by atoms with E-state index in [1.165, 1.54) is 0 Å². The van der Waals surface area contributed by atoms with Gasteiger partial charge in [-0.1, -0.05) is 13.3 Å². The first-order valence-corrected chi connectivity index (χ1v) is 9.05. The Morgan fingerprint density at radius 3 is 1.93 bits per heavy atom. The fourth-order valence-electron chi connectivity index (χ4n) is 3.04. The number of aliphatic hydroxyl groups is 7. The van der Waals surface area contributed by atoms with E-state index in [0.717, 1.165) is 12.8 Å². The smallest absolute Gasteiger partial charge is 0.187 e. The molecule has 10 atom stereocenters. The molecule has 7 N–H and O–H groups in total. The average Bonchev–Trinajstić information content (AvgIpc) is 2.67. The van der Waals surface area contributed by atoms with Crippen LogP contribution in [0.15, 0.2) is 0 Å². The molecule has 2 aliphatic heterocycles. The molecule has 0 saturated carbocycles. The largest absolute Gasteiger partial charge is 0.394 e. The molecule has 11 nitrogen and oxygen atoms in total. The van der Waals surface area contributed by atoms with Gasteiger partial charge in [-0.3, -0.25) is 0 Å². The van der Waals surface area contributed by atoms with Crippen LogP contribution in [0.4, 0.5) is 0 Å². The van der Waals surface area contributed by atoms with Crippen molar-refractivity contribution in [1.82, 2.24) is 0 Å². The zero-order valence-corrected chi connectivity index (χ0v) is 15.1. The molecule has 2 aliphatic rings. The van der Waals surface area contributed by atoms with Gasteiger partial charge >= 0.3 is 0 Å². The first-order chi connectivity index (χ1) is 12.8. The standard InChI is InChI=1S/C16H30O11/c1-2-3-4-24-15-13(23)11(21)14(8(6-18)26-15)27-16-12(22)10(20)9(19)7(5-17)25-16/h7-23H,2-6H2,1H3/t7-,8-,9+,10+,11-,12-,13-,14-,15+,16+/m1/s1. The maximum Gasteiger partial charge on any atom is 0.187 e. The summed E-state index contributed by atoms with van der Waals surface area (Å²) in [5.41, 5.74) is 0. The van der Waals surface area contributed by atoms with Crippen molar-refractivity contribution in [2.24, 2.45) is 0 Å². The molecule has 0 radical (unpaired) electrons. The van der Waals surface area contributed by atoms with Gasteiger partial charge in [-0.2, -0.15) is 0 Å². The van der Waals surface area contributed by atoms with Crippen LogP contribution in [0.3, 0.4) is 0 Å². The number of aliphatic hydroxyl groups excluding tert-OH is 7. The number of ether oxygens (including phenoxy) is 4. The van der Waals surface area contributed by atoms with Crippen molar-refractivity contribution >= 4 is 0 Å². The van der Waals surface area contributed by atoms with Crippen LogP contribution >= 0.6 is 0 Å². The Balaban J connectivity index is 2.06. The van der Waals surface area contributed by atoms with Crippen molar-refractivity contribution in [3.8, 4) is 0 Å². The molecule has 0 aromatic heterocycles. The number of unbranched alkanes of at least 4 members (excludes halogenated alkanes) is 1. The monoisotopic (exact) mass is 398 g/mol. The van der Waals surface area contributed by atoms with Crippen molar-refractivity contribution in [3.05, 3.63) is 0 Å². The van der Waals surface area contributed by atoms with E-state index in [1.54, 1.807) is 0 Å². The molecule has 0 unspecified atom stereocenters. The van der Waals surface area contributed by atoms with Gasteiger partial charge in [0.05, 0.1) is 13.2 Å². The fraction of sp³-hybridized carbons (Fsp3) is 1.00. The summed E-state index contributed by atoms with van der Waals surface area (Å²) in [4.78, 5) is 0. The predicted octanol–water partition coefficient (Wildman–Crippen LogP) is -3.57. The van der Waals surface area contributed by atoms with E-state index in [1.807, 2.05) is 6.92 Å². The summed E-state index contributed by atoms with van der Waals surface area (Å²) in [6, 6.07) is 0. The third-order valence-electron chi connectivity index (χ3n) is 4.74. The SMILES string of the molecule is CCCCO[C@H]1O[C@H](CO)[C@@H](O[C@@H]2O[C@H](CO)[C@H](O)[C@H](O)[C@H]2O)[C@H](O)[C@H]1O. The molecule has 11 heteroatoms. The Hall–Kier alpha value is -0.440. The van der Waals surface area contributed by atoms with Crippen LogP contribution in [-0.4, -0.2) is 117 Å². The second-order valence-corrected chi connectivity index (χ2v) is 6.73. The van der Waals surface area contributed by atoms with Crippen LogP contribution < -0.4 is 0 Å². The van der Waals surface area contributed by atoms with Gasteiger partial charge in [0.25, 0.3) is 0 Å². The molecule has 0 aliphatic carbocycles. The highest BCUT2D eigenvalue weighted by Crippen LogP contribution is 2.29. The molecule has 0 aromatic rings. The molecule has 160 valence electrons. The summed E-state index contributed by atoms with van der Waals surface area (Å²) in [5.74, 6) is 0. The van der Waals surface area contributed by atoms with Gasteiger partial charge in [0, 0.05) is 6.61 Å². The summed E-state index contributed by atoms with van der Waals surface area (Å²) in [6.45, 7) is 1.02. The fourth-order valence-corrected chi connectivity index (χ4v) is 3.04.